The van der Waals surface area contributed by atoms with E-state index in [1.54, 1.807) is 29.2 Å². The molecule has 2 rings (SSSR count). The molecule has 1 atom stereocenters. The molecule has 1 fully saturated rings. The maximum absolute atomic E-state index is 12.2. The van der Waals surface area contributed by atoms with Gasteiger partial charge in [0.1, 0.15) is 18.4 Å². The zero-order chi connectivity index (χ0) is 16.8. The normalized spacial score (nSPS) is 17.4. The molecule has 5 nitrogen and oxygen atoms in total. The molecule has 1 aliphatic rings. The van der Waals surface area contributed by atoms with Crippen LogP contribution in [0.3, 0.4) is 0 Å². The highest BCUT2D eigenvalue weighted by Crippen LogP contribution is 2.18. The van der Waals surface area contributed by atoms with Gasteiger partial charge in [-0.05, 0) is 30.5 Å². The number of carbonyl (C=O) groups excluding carboxylic acids is 2. The van der Waals surface area contributed by atoms with Crippen molar-refractivity contribution in [3.05, 3.63) is 29.8 Å². The van der Waals surface area contributed by atoms with E-state index in [1.807, 2.05) is 0 Å². The van der Waals surface area contributed by atoms with Crippen LogP contribution in [0.1, 0.15) is 25.3 Å². The summed E-state index contributed by atoms with van der Waals surface area (Å²) in [6, 6.07) is 6.22. The second kappa shape index (κ2) is 7.89. The molecule has 2 amide bonds. The summed E-state index contributed by atoms with van der Waals surface area (Å²) in [7, 11) is 0. The molecular weight excluding hydrogens is 306 g/mol. The molecule has 1 aliphatic heterocycles. The van der Waals surface area contributed by atoms with Gasteiger partial charge in [0, 0.05) is 20.0 Å². The van der Waals surface area contributed by atoms with Crippen LogP contribution < -0.4 is 10.1 Å². The van der Waals surface area contributed by atoms with Gasteiger partial charge >= 0.3 is 0 Å². The quantitative estimate of drug-likeness (QED) is 0.869. The Bertz CT molecular complexity index is 566. The molecule has 0 aromatic heterocycles. The summed E-state index contributed by atoms with van der Waals surface area (Å²) < 4.78 is 29.2. The Kier molecular flexibility index (Phi) is 5.90. The number of benzene rings is 1. The average Bonchev–Trinajstić information content (AvgIpc) is 3.01. The van der Waals surface area contributed by atoms with E-state index in [4.69, 9.17) is 4.74 Å². The van der Waals surface area contributed by atoms with E-state index in [2.05, 4.69) is 5.32 Å². The van der Waals surface area contributed by atoms with E-state index < -0.39 is 19.1 Å². The van der Waals surface area contributed by atoms with Crippen molar-refractivity contribution < 1.29 is 23.1 Å². The summed E-state index contributed by atoms with van der Waals surface area (Å²) in [5, 5.41) is 2.78. The molecule has 1 saturated heterocycles. The van der Waals surface area contributed by atoms with Crippen molar-refractivity contribution in [2.24, 2.45) is 0 Å². The van der Waals surface area contributed by atoms with Crippen LogP contribution in [-0.2, 0) is 16.1 Å². The first kappa shape index (κ1) is 17.2. The predicted octanol–water partition coefficient (Wildman–Crippen LogP) is 1.96. The Morgan fingerprint density at radius 2 is 2.22 bits per heavy atom. The minimum atomic E-state index is -2.53. The molecule has 23 heavy (non-hydrogen) atoms. The highest BCUT2D eigenvalue weighted by Gasteiger charge is 2.31. The Labute approximate surface area is 133 Å². The number of hydrogen-bond donors (Lipinski definition) is 1. The van der Waals surface area contributed by atoms with E-state index >= 15 is 0 Å². The largest absolute Gasteiger partial charge is 0.488 e. The van der Waals surface area contributed by atoms with E-state index in [1.165, 1.54) is 6.92 Å². The van der Waals surface area contributed by atoms with Crippen LogP contribution in [0, 0.1) is 0 Å². The second-order valence-electron chi connectivity index (χ2n) is 5.44. The highest BCUT2D eigenvalue weighted by molar-refractivity contribution is 5.87. The number of nitrogens with one attached hydrogen (secondary N) is 1. The lowest BCUT2D eigenvalue weighted by molar-refractivity contribution is -0.136. The second-order valence-corrected chi connectivity index (χ2v) is 5.44. The summed E-state index contributed by atoms with van der Waals surface area (Å²) >= 11 is 0. The molecule has 0 saturated carbocycles. The summed E-state index contributed by atoms with van der Waals surface area (Å²) in [6.45, 7) is 1.65. The lowest BCUT2D eigenvalue weighted by Gasteiger charge is -2.22. The van der Waals surface area contributed by atoms with E-state index in [0.29, 0.717) is 18.7 Å². The summed E-state index contributed by atoms with van der Waals surface area (Å²) in [5.41, 5.74) is 0.748. The Hall–Kier alpha value is -2.18. The van der Waals surface area contributed by atoms with Gasteiger partial charge in [0.2, 0.25) is 11.8 Å². The molecule has 1 N–H and O–H groups in total. The third kappa shape index (κ3) is 4.91. The molecule has 1 aromatic rings. The van der Waals surface area contributed by atoms with Crippen LogP contribution in [0.5, 0.6) is 5.75 Å². The van der Waals surface area contributed by atoms with Gasteiger partial charge in [-0.2, -0.15) is 0 Å². The number of carbonyl (C=O) groups is 2. The van der Waals surface area contributed by atoms with Gasteiger partial charge in [0.05, 0.1) is 0 Å². The van der Waals surface area contributed by atoms with Crippen LogP contribution in [0.2, 0.25) is 0 Å². The molecule has 7 heteroatoms. The molecule has 1 aromatic carbocycles. The third-order valence-electron chi connectivity index (χ3n) is 3.70. The van der Waals surface area contributed by atoms with Crippen molar-refractivity contribution in [3.8, 4) is 5.75 Å². The molecular formula is C16H20F2N2O3. The first-order valence-corrected chi connectivity index (χ1v) is 7.52. The third-order valence-corrected chi connectivity index (χ3v) is 3.70. The van der Waals surface area contributed by atoms with Crippen molar-refractivity contribution in [3.63, 3.8) is 0 Å². The van der Waals surface area contributed by atoms with Gasteiger partial charge in [0.25, 0.3) is 6.43 Å². The van der Waals surface area contributed by atoms with Crippen molar-refractivity contribution in [2.45, 2.75) is 38.8 Å². The van der Waals surface area contributed by atoms with Gasteiger partial charge in [-0.1, -0.05) is 12.1 Å². The Morgan fingerprint density at radius 3 is 2.91 bits per heavy atom. The van der Waals surface area contributed by atoms with Crippen molar-refractivity contribution in [1.82, 2.24) is 10.2 Å². The Balaban J connectivity index is 1.89. The summed E-state index contributed by atoms with van der Waals surface area (Å²) in [5.74, 6) is 0.0323. The van der Waals surface area contributed by atoms with Crippen LogP contribution in [0.25, 0.3) is 0 Å². The number of likely N-dealkylation sites (tertiary alicyclic amines) is 1. The van der Waals surface area contributed by atoms with Crippen LogP contribution in [0.4, 0.5) is 8.78 Å². The van der Waals surface area contributed by atoms with Crippen LogP contribution in [0.15, 0.2) is 24.3 Å². The molecule has 0 aliphatic carbocycles. The van der Waals surface area contributed by atoms with Crippen molar-refractivity contribution >= 4 is 11.8 Å². The van der Waals surface area contributed by atoms with Crippen molar-refractivity contribution in [2.75, 3.05) is 13.2 Å². The average molecular weight is 326 g/mol. The minimum absolute atomic E-state index is 0.106. The minimum Gasteiger partial charge on any atom is -0.488 e. The molecule has 0 bridgehead atoms. The van der Waals surface area contributed by atoms with E-state index in [-0.39, 0.29) is 18.4 Å². The fourth-order valence-corrected chi connectivity index (χ4v) is 2.63. The number of amides is 2. The number of halogens is 2. The molecule has 0 spiro atoms. The predicted molar refractivity (Wildman–Crippen MR) is 80.2 cm³/mol. The zero-order valence-corrected chi connectivity index (χ0v) is 12.9. The smallest absolute Gasteiger partial charge is 0.272 e. The molecule has 1 heterocycles. The fraction of sp³-hybridized carbons (Fsp3) is 0.500. The van der Waals surface area contributed by atoms with Crippen LogP contribution >= 0.6 is 0 Å². The zero-order valence-electron chi connectivity index (χ0n) is 12.9. The maximum atomic E-state index is 12.2. The first-order chi connectivity index (χ1) is 11.0. The van der Waals surface area contributed by atoms with Gasteiger partial charge in [-0.3, -0.25) is 9.59 Å². The first-order valence-electron chi connectivity index (χ1n) is 7.52. The van der Waals surface area contributed by atoms with Gasteiger partial charge in [-0.15, -0.1) is 0 Å². The molecule has 126 valence electrons. The number of nitrogens with zero attached hydrogens (tertiary/aromatic N) is 1. The summed E-state index contributed by atoms with van der Waals surface area (Å²) in [4.78, 5) is 25.2. The number of rotatable bonds is 6. The fourth-order valence-electron chi connectivity index (χ4n) is 2.63. The van der Waals surface area contributed by atoms with Gasteiger partial charge in [0.15, 0.2) is 0 Å². The monoisotopic (exact) mass is 326 g/mol. The number of ether oxygens (including phenoxy) is 1. The van der Waals surface area contributed by atoms with Crippen molar-refractivity contribution in [1.29, 1.82) is 0 Å². The highest BCUT2D eigenvalue weighted by atomic mass is 19.3. The maximum Gasteiger partial charge on any atom is 0.272 e. The van der Waals surface area contributed by atoms with E-state index in [0.717, 1.165) is 12.0 Å². The topological polar surface area (TPSA) is 58.6 Å². The Morgan fingerprint density at radius 1 is 1.43 bits per heavy atom. The number of alkyl halides is 2. The van der Waals surface area contributed by atoms with Gasteiger partial charge in [-0.25, -0.2) is 8.78 Å². The lowest BCUT2D eigenvalue weighted by atomic mass is 10.2. The molecule has 0 radical (unpaired) electrons. The van der Waals surface area contributed by atoms with Crippen LogP contribution in [-0.4, -0.2) is 42.3 Å². The SMILES string of the molecule is CC(=O)N1CCCC1C(=O)NCc1cccc(OCC(F)F)c1. The van der Waals surface area contributed by atoms with Gasteiger partial charge < -0.3 is 15.0 Å². The molecule has 1 unspecified atom stereocenters. The summed E-state index contributed by atoms with van der Waals surface area (Å²) in [6.07, 6.45) is -1.06. The van der Waals surface area contributed by atoms with E-state index in [9.17, 15) is 18.4 Å². The standard InChI is InChI=1S/C16H20F2N2O3/c1-11(21)20-7-3-6-14(20)16(22)19-9-12-4-2-5-13(8-12)23-10-15(17)18/h2,4-5,8,14-15H,3,6-7,9-10H2,1H3,(H,19,22). The number of hydrogen-bond acceptors (Lipinski definition) is 3. The lowest BCUT2D eigenvalue weighted by Crippen LogP contribution is -2.44.